The lowest BCUT2D eigenvalue weighted by atomic mass is 9.87. The topological polar surface area (TPSA) is 36.7 Å². The Hall–Kier alpha value is -4.52. The fourth-order valence-electron chi connectivity index (χ4n) is 5.27. The SMILES string of the molecule is C/C=C\C=C=C/C(=C\C)c1c2c(nc3ccccc13)C=C(/C(=C1/C=CC=CC1=N)c1ccccc1)CCC2. The second-order valence-corrected chi connectivity index (χ2v) is 9.42. The van der Waals surface area contributed by atoms with Crippen molar-refractivity contribution in [2.45, 2.75) is 33.1 Å². The Morgan fingerprint density at radius 1 is 0.947 bits per heavy atom. The highest BCUT2D eigenvalue weighted by molar-refractivity contribution is 6.16. The van der Waals surface area contributed by atoms with Gasteiger partial charge in [-0.15, -0.1) is 5.73 Å². The van der Waals surface area contributed by atoms with Gasteiger partial charge in [0.2, 0.25) is 0 Å². The summed E-state index contributed by atoms with van der Waals surface area (Å²) in [4.78, 5) is 5.19. The minimum atomic E-state index is 0.540. The number of hydrogen-bond acceptors (Lipinski definition) is 2. The molecular weight excluding hydrogens is 460 g/mol. The summed E-state index contributed by atoms with van der Waals surface area (Å²) in [6.07, 6.45) is 23.3. The van der Waals surface area contributed by atoms with Crippen molar-refractivity contribution >= 4 is 33.8 Å². The number of hydrogen-bond donors (Lipinski definition) is 1. The third kappa shape index (κ3) is 5.13. The van der Waals surface area contributed by atoms with Crippen LogP contribution in [-0.4, -0.2) is 10.7 Å². The van der Waals surface area contributed by atoms with Gasteiger partial charge in [0.25, 0.3) is 0 Å². The predicted molar refractivity (Wildman–Crippen MR) is 163 cm³/mol. The average Bonchev–Trinajstić information content (AvgIpc) is 3.16. The van der Waals surface area contributed by atoms with Crippen LogP contribution in [0.25, 0.3) is 28.1 Å². The van der Waals surface area contributed by atoms with Gasteiger partial charge in [-0.05, 0) is 96.9 Å². The number of nitrogens with one attached hydrogen (secondary N) is 1. The summed E-state index contributed by atoms with van der Waals surface area (Å²) in [5.41, 5.74) is 14.0. The lowest BCUT2D eigenvalue weighted by Gasteiger charge is -2.18. The molecule has 0 spiro atoms. The van der Waals surface area contributed by atoms with Crippen molar-refractivity contribution in [2.24, 2.45) is 0 Å². The van der Waals surface area contributed by atoms with Crippen molar-refractivity contribution in [3.8, 4) is 0 Å². The number of pyridine rings is 1. The second-order valence-electron chi connectivity index (χ2n) is 9.42. The zero-order valence-electron chi connectivity index (χ0n) is 22.0. The monoisotopic (exact) mass is 492 g/mol. The van der Waals surface area contributed by atoms with Gasteiger partial charge in [-0.3, -0.25) is 0 Å². The van der Waals surface area contributed by atoms with Crippen LogP contribution in [0.15, 0.2) is 126 Å². The van der Waals surface area contributed by atoms with E-state index in [1.807, 2.05) is 49.4 Å². The molecule has 0 aliphatic heterocycles. The number of fused-ring (bicyclic) bond motifs is 2. The summed E-state index contributed by atoms with van der Waals surface area (Å²) in [6, 6.07) is 18.9. The highest BCUT2D eigenvalue weighted by atomic mass is 14.7. The second kappa shape index (κ2) is 11.7. The molecule has 0 amide bonds. The molecule has 2 aromatic carbocycles. The van der Waals surface area contributed by atoms with E-state index in [0.717, 1.165) is 52.8 Å². The van der Waals surface area contributed by atoms with E-state index in [2.05, 4.69) is 85.5 Å². The predicted octanol–water partition coefficient (Wildman–Crippen LogP) is 9.24. The van der Waals surface area contributed by atoms with Crippen LogP contribution in [0.2, 0.25) is 0 Å². The molecule has 3 aromatic rings. The third-order valence-corrected chi connectivity index (χ3v) is 7.01. The van der Waals surface area contributed by atoms with Gasteiger partial charge in [-0.25, -0.2) is 4.98 Å². The Balaban J connectivity index is 1.76. The van der Waals surface area contributed by atoms with Crippen molar-refractivity contribution in [3.63, 3.8) is 0 Å². The maximum absolute atomic E-state index is 8.70. The summed E-state index contributed by atoms with van der Waals surface area (Å²) in [7, 11) is 0. The smallest absolute Gasteiger partial charge is 0.0715 e. The number of aromatic nitrogens is 1. The molecule has 1 heterocycles. The maximum atomic E-state index is 8.70. The standard InChI is InChI=1S/C36H32N2/c1-3-5-6-8-16-26(4-2)36-30-21-12-14-24-33(30)38-34-25-28(19-15-22-31(34)36)35(27-17-9-7-10-18-27)29-20-11-13-23-32(29)37/h3-7,9-14,16-18,20-21,23-25,37H,15,19,22H2,1-2H3/b5-3-,26-4+,35-29-,37-32?. The van der Waals surface area contributed by atoms with E-state index >= 15 is 0 Å². The van der Waals surface area contributed by atoms with E-state index in [9.17, 15) is 0 Å². The lowest BCUT2D eigenvalue weighted by molar-refractivity contribution is 0.833. The molecule has 0 saturated carbocycles. The number of rotatable bonds is 5. The molecule has 0 radical (unpaired) electrons. The van der Waals surface area contributed by atoms with E-state index in [1.54, 1.807) is 0 Å². The van der Waals surface area contributed by atoms with Gasteiger partial charge in [-0.2, -0.15) is 0 Å². The highest BCUT2D eigenvalue weighted by Crippen LogP contribution is 2.39. The quantitative estimate of drug-likeness (QED) is 0.280. The van der Waals surface area contributed by atoms with E-state index in [-0.39, 0.29) is 0 Å². The number of benzene rings is 2. The van der Waals surface area contributed by atoms with Gasteiger partial charge in [-0.1, -0.05) is 85.0 Å². The summed E-state index contributed by atoms with van der Waals surface area (Å²) in [5.74, 6) is 0. The van der Waals surface area contributed by atoms with Crippen molar-refractivity contribution in [1.82, 2.24) is 4.98 Å². The van der Waals surface area contributed by atoms with Crippen LogP contribution in [0.3, 0.4) is 0 Å². The molecule has 186 valence electrons. The van der Waals surface area contributed by atoms with E-state index in [1.165, 1.54) is 22.1 Å². The van der Waals surface area contributed by atoms with Crippen LogP contribution in [0, 0.1) is 5.41 Å². The highest BCUT2D eigenvalue weighted by Gasteiger charge is 2.22. The zero-order chi connectivity index (χ0) is 26.3. The van der Waals surface area contributed by atoms with Crippen LogP contribution in [0.4, 0.5) is 0 Å². The third-order valence-electron chi connectivity index (χ3n) is 7.01. The van der Waals surface area contributed by atoms with Crippen LogP contribution < -0.4 is 0 Å². The van der Waals surface area contributed by atoms with Gasteiger partial charge in [0.05, 0.1) is 16.9 Å². The Bertz CT molecular complexity index is 1630. The molecule has 1 N–H and O–H groups in total. The molecule has 2 aliphatic rings. The number of para-hydroxylation sites is 1. The van der Waals surface area contributed by atoms with E-state index < -0.39 is 0 Å². The van der Waals surface area contributed by atoms with Crippen LogP contribution >= 0.6 is 0 Å². The van der Waals surface area contributed by atoms with Crippen LogP contribution in [0.1, 0.15) is 49.1 Å². The molecule has 0 atom stereocenters. The van der Waals surface area contributed by atoms with Gasteiger partial charge < -0.3 is 5.41 Å². The minimum Gasteiger partial charge on any atom is -0.300 e. The number of allylic oxidation sites excluding steroid dienone is 12. The van der Waals surface area contributed by atoms with Crippen LogP contribution in [0.5, 0.6) is 0 Å². The summed E-state index contributed by atoms with van der Waals surface area (Å²) in [5, 5.41) is 9.87. The molecule has 38 heavy (non-hydrogen) atoms. The number of nitrogens with zero attached hydrogens (tertiary/aromatic N) is 1. The van der Waals surface area contributed by atoms with Gasteiger partial charge in [0.1, 0.15) is 0 Å². The van der Waals surface area contributed by atoms with Gasteiger partial charge in [0, 0.05) is 11.0 Å². The zero-order valence-corrected chi connectivity index (χ0v) is 22.0. The maximum Gasteiger partial charge on any atom is 0.0715 e. The molecule has 1 aromatic heterocycles. The van der Waals surface area contributed by atoms with Crippen molar-refractivity contribution in [3.05, 3.63) is 149 Å². The lowest BCUT2D eigenvalue weighted by Crippen LogP contribution is -2.04. The molecular formula is C36H32N2. The summed E-state index contributed by atoms with van der Waals surface area (Å²) < 4.78 is 0. The Labute approximate surface area is 225 Å². The minimum absolute atomic E-state index is 0.540. The Kier molecular flexibility index (Phi) is 7.73. The summed E-state index contributed by atoms with van der Waals surface area (Å²) >= 11 is 0. The first-order valence-electron chi connectivity index (χ1n) is 13.3. The first-order valence-corrected chi connectivity index (χ1v) is 13.3. The van der Waals surface area contributed by atoms with E-state index in [0.29, 0.717) is 5.71 Å². The molecule has 0 bridgehead atoms. The average molecular weight is 493 g/mol. The van der Waals surface area contributed by atoms with Gasteiger partial charge >= 0.3 is 0 Å². The fraction of sp³-hybridized carbons (Fsp3) is 0.139. The normalized spacial score (nSPS) is 16.6. The molecule has 2 aliphatic carbocycles. The summed E-state index contributed by atoms with van der Waals surface area (Å²) in [6.45, 7) is 4.10. The van der Waals surface area contributed by atoms with Crippen molar-refractivity contribution < 1.29 is 0 Å². The molecule has 2 nitrogen and oxygen atoms in total. The molecule has 2 heteroatoms. The molecule has 0 fully saturated rings. The largest absolute Gasteiger partial charge is 0.300 e. The van der Waals surface area contributed by atoms with Crippen LogP contribution in [-0.2, 0) is 6.42 Å². The van der Waals surface area contributed by atoms with Crippen molar-refractivity contribution in [2.75, 3.05) is 0 Å². The first kappa shape index (κ1) is 25.1. The molecule has 0 saturated heterocycles. The fourth-order valence-corrected chi connectivity index (χ4v) is 5.27. The molecule has 5 rings (SSSR count). The molecule has 0 unspecified atom stereocenters. The van der Waals surface area contributed by atoms with Crippen molar-refractivity contribution in [1.29, 1.82) is 5.41 Å². The van der Waals surface area contributed by atoms with Gasteiger partial charge in [0.15, 0.2) is 0 Å². The van der Waals surface area contributed by atoms with E-state index in [4.69, 9.17) is 10.4 Å². The Morgan fingerprint density at radius 3 is 2.53 bits per heavy atom. The first-order chi connectivity index (χ1) is 18.7. The Morgan fingerprint density at radius 2 is 1.74 bits per heavy atom.